The third kappa shape index (κ3) is 5.40. The van der Waals surface area contributed by atoms with Gasteiger partial charge < -0.3 is 5.32 Å². The number of fused-ring (bicyclic) bond motifs is 1. The lowest BCUT2D eigenvalue weighted by Crippen LogP contribution is -2.28. The van der Waals surface area contributed by atoms with E-state index in [1.807, 2.05) is 35.7 Å². The molecular formula is C25H22FN3O2S2. The number of hydrogen-bond acceptors (Lipinski definition) is 5. The zero-order valence-electron chi connectivity index (χ0n) is 17.8. The number of allylic oxidation sites excluding steroid dienone is 1. The van der Waals surface area contributed by atoms with Gasteiger partial charge in [0, 0.05) is 24.0 Å². The molecule has 0 bridgehead atoms. The van der Waals surface area contributed by atoms with Crippen molar-refractivity contribution in [2.45, 2.75) is 18.1 Å². The van der Waals surface area contributed by atoms with E-state index >= 15 is 0 Å². The number of carbonyl (C=O) groups is 1. The Balaban J connectivity index is 1.48. The molecule has 0 fully saturated rings. The van der Waals surface area contributed by atoms with Crippen LogP contribution in [-0.2, 0) is 17.8 Å². The number of hydrogen-bond donors (Lipinski definition) is 1. The van der Waals surface area contributed by atoms with Crippen molar-refractivity contribution in [3.63, 3.8) is 0 Å². The van der Waals surface area contributed by atoms with Crippen LogP contribution in [0.5, 0.6) is 0 Å². The molecule has 0 radical (unpaired) electrons. The first-order chi connectivity index (χ1) is 16.1. The predicted octanol–water partition coefficient (Wildman–Crippen LogP) is 4.90. The van der Waals surface area contributed by atoms with E-state index in [0.717, 1.165) is 16.7 Å². The monoisotopic (exact) mass is 479 g/mol. The summed E-state index contributed by atoms with van der Waals surface area (Å²) in [5.74, 6) is -0.302. The number of thiophene rings is 1. The van der Waals surface area contributed by atoms with E-state index in [0.29, 0.717) is 34.9 Å². The molecule has 0 aliphatic carbocycles. The third-order valence-electron chi connectivity index (χ3n) is 5.04. The molecule has 0 aliphatic rings. The van der Waals surface area contributed by atoms with Crippen molar-refractivity contribution >= 4 is 39.2 Å². The molecule has 0 saturated carbocycles. The smallest absolute Gasteiger partial charge is 0.263 e. The van der Waals surface area contributed by atoms with E-state index in [1.165, 1.54) is 35.2 Å². The highest BCUT2D eigenvalue weighted by Crippen LogP contribution is 2.32. The minimum atomic E-state index is -0.282. The Morgan fingerprint density at radius 3 is 2.67 bits per heavy atom. The van der Waals surface area contributed by atoms with Crippen LogP contribution >= 0.6 is 23.1 Å². The predicted molar refractivity (Wildman–Crippen MR) is 133 cm³/mol. The summed E-state index contributed by atoms with van der Waals surface area (Å²) in [5.41, 5.74) is 2.64. The highest BCUT2D eigenvalue weighted by Gasteiger charge is 2.17. The van der Waals surface area contributed by atoms with Gasteiger partial charge in [-0.2, -0.15) is 0 Å². The Hall–Kier alpha value is -3.23. The number of amides is 1. The molecular weight excluding hydrogens is 457 g/mol. The highest BCUT2D eigenvalue weighted by atomic mass is 32.2. The van der Waals surface area contributed by atoms with Crippen molar-refractivity contribution in [2.75, 3.05) is 12.3 Å². The fourth-order valence-electron chi connectivity index (χ4n) is 3.41. The van der Waals surface area contributed by atoms with Crippen LogP contribution in [-0.4, -0.2) is 27.8 Å². The van der Waals surface area contributed by atoms with Gasteiger partial charge in [-0.1, -0.05) is 60.3 Å². The second-order valence-electron chi connectivity index (χ2n) is 7.31. The van der Waals surface area contributed by atoms with Crippen molar-refractivity contribution < 1.29 is 9.18 Å². The Kier molecular flexibility index (Phi) is 7.36. The minimum absolute atomic E-state index is 0.134. The summed E-state index contributed by atoms with van der Waals surface area (Å²) in [6, 6.07) is 16.0. The molecule has 0 aliphatic heterocycles. The van der Waals surface area contributed by atoms with Gasteiger partial charge in [0.2, 0.25) is 5.91 Å². The molecule has 0 spiro atoms. The summed E-state index contributed by atoms with van der Waals surface area (Å²) in [6.45, 7) is 4.51. The number of benzene rings is 2. The zero-order valence-corrected chi connectivity index (χ0v) is 19.4. The molecule has 2 aromatic carbocycles. The molecule has 4 aromatic rings. The largest absolute Gasteiger partial charge is 0.355 e. The number of carbonyl (C=O) groups excluding carboxylic acids is 1. The van der Waals surface area contributed by atoms with Crippen LogP contribution in [0.25, 0.3) is 21.3 Å². The standard InChI is InChI=1S/C25H22FN3O2S2/c1-2-14-29-24(31)22-20(18-6-4-3-5-7-18)15-32-23(22)28-25(29)33-16-21(30)27-13-12-17-8-10-19(26)11-9-17/h2-11,15H,1,12-14,16H2,(H,27,30). The van der Waals surface area contributed by atoms with Crippen LogP contribution in [0.15, 0.2) is 82.6 Å². The van der Waals surface area contributed by atoms with Crippen molar-refractivity contribution in [1.29, 1.82) is 0 Å². The summed E-state index contributed by atoms with van der Waals surface area (Å²) in [7, 11) is 0. The number of thioether (sulfide) groups is 1. The quantitative estimate of drug-likeness (QED) is 0.211. The van der Waals surface area contributed by atoms with Gasteiger partial charge in [-0.15, -0.1) is 17.9 Å². The summed E-state index contributed by atoms with van der Waals surface area (Å²) in [5, 5.41) is 5.88. The summed E-state index contributed by atoms with van der Waals surface area (Å²) >= 11 is 2.65. The lowest BCUT2D eigenvalue weighted by Gasteiger charge is -2.11. The Bertz CT molecular complexity index is 1330. The lowest BCUT2D eigenvalue weighted by molar-refractivity contribution is -0.118. The van der Waals surface area contributed by atoms with Gasteiger partial charge >= 0.3 is 0 Å². The van der Waals surface area contributed by atoms with E-state index in [2.05, 4.69) is 11.9 Å². The van der Waals surface area contributed by atoms with Crippen molar-refractivity contribution in [3.8, 4) is 11.1 Å². The molecule has 33 heavy (non-hydrogen) atoms. The molecule has 1 amide bonds. The highest BCUT2D eigenvalue weighted by molar-refractivity contribution is 7.99. The molecule has 4 rings (SSSR count). The average Bonchev–Trinajstić information content (AvgIpc) is 3.26. The van der Waals surface area contributed by atoms with E-state index in [9.17, 15) is 14.0 Å². The summed E-state index contributed by atoms with van der Waals surface area (Å²) in [6.07, 6.45) is 2.26. The SMILES string of the molecule is C=CCn1c(SCC(=O)NCCc2ccc(F)cc2)nc2scc(-c3ccccc3)c2c1=O. The van der Waals surface area contributed by atoms with Gasteiger partial charge in [0.15, 0.2) is 5.16 Å². The van der Waals surface area contributed by atoms with E-state index < -0.39 is 0 Å². The number of nitrogens with zero attached hydrogens (tertiary/aromatic N) is 2. The number of nitrogens with one attached hydrogen (secondary N) is 1. The number of aromatic nitrogens is 2. The zero-order chi connectivity index (χ0) is 23.2. The summed E-state index contributed by atoms with van der Waals surface area (Å²) in [4.78, 5) is 31.0. The maximum absolute atomic E-state index is 13.3. The van der Waals surface area contributed by atoms with Gasteiger partial charge in [-0.3, -0.25) is 14.2 Å². The molecule has 8 heteroatoms. The van der Waals surface area contributed by atoms with Crippen LogP contribution in [0, 0.1) is 5.82 Å². The van der Waals surface area contributed by atoms with E-state index in [1.54, 1.807) is 22.8 Å². The second-order valence-corrected chi connectivity index (χ2v) is 9.11. The van der Waals surface area contributed by atoms with Gasteiger partial charge in [0.1, 0.15) is 10.6 Å². The molecule has 2 heterocycles. The maximum Gasteiger partial charge on any atom is 0.263 e. The van der Waals surface area contributed by atoms with Crippen LogP contribution in [0.1, 0.15) is 5.56 Å². The van der Waals surface area contributed by atoms with Crippen molar-refractivity contribution in [2.24, 2.45) is 0 Å². The molecule has 0 unspecified atom stereocenters. The molecule has 5 nitrogen and oxygen atoms in total. The fraction of sp³-hybridized carbons (Fsp3) is 0.160. The first-order valence-electron chi connectivity index (χ1n) is 10.4. The Morgan fingerprint density at radius 1 is 1.18 bits per heavy atom. The molecule has 1 N–H and O–H groups in total. The van der Waals surface area contributed by atoms with Crippen molar-refractivity contribution in [3.05, 3.63) is 94.4 Å². The Labute approximate surface area is 199 Å². The van der Waals surface area contributed by atoms with Gasteiger partial charge in [-0.25, -0.2) is 9.37 Å². The fourth-order valence-corrected chi connectivity index (χ4v) is 5.24. The molecule has 0 atom stereocenters. The van der Waals surface area contributed by atoms with Gasteiger partial charge in [-0.05, 0) is 29.7 Å². The summed E-state index contributed by atoms with van der Waals surface area (Å²) < 4.78 is 14.6. The van der Waals surface area contributed by atoms with E-state index in [-0.39, 0.29) is 23.0 Å². The van der Waals surface area contributed by atoms with E-state index in [4.69, 9.17) is 4.98 Å². The van der Waals surface area contributed by atoms with Crippen LogP contribution in [0.2, 0.25) is 0 Å². The number of halogens is 1. The molecule has 2 aromatic heterocycles. The van der Waals surface area contributed by atoms with Crippen LogP contribution in [0.4, 0.5) is 4.39 Å². The van der Waals surface area contributed by atoms with Crippen LogP contribution < -0.4 is 10.9 Å². The third-order valence-corrected chi connectivity index (χ3v) is 6.89. The molecule has 168 valence electrons. The first-order valence-corrected chi connectivity index (χ1v) is 12.3. The van der Waals surface area contributed by atoms with Crippen molar-refractivity contribution in [1.82, 2.24) is 14.9 Å². The average molecular weight is 480 g/mol. The maximum atomic E-state index is 13.3. The minimum Gasteiger partial charge on any atom is -0.355 e. The topological polar surface area (TPSA) is 64.0 Å². The van der Waals surface area contributed by atoms with Gasteiger partial charge in [0.05, 0.1) is 11.1 Å². The van der Waals surface area contributed by atoms with Gasteiger partial charge in [0.25, 0.3) is 5.56 Å². The number of rotatable bonds is 9. The van der Waals surface area contributed by atoms with Crippen LogP contribution in [0.3, 0.4) is 0 Å². The lowest BCUT2D eigenvalue weighted by atomic mass is 10.1. The molecule has 0 saturated heterocycles. The Morgan fingerprint density at radius 2 is 1.94 bits per heavy atom. The first kappa shape index (κ1) is 22.9. The second kappa shape index (κ2) is 10.6. The normalized spacial score (nSPS) is 10.9.